The minimum absolute atomic E-state index is 0.629. The molecule has 4 heteroatoms. The minimum Gasteiger partial charge on any atom is -0.330 e. The highest BCUT2D eigenvalue weighted by molar-refractivity contribution is 5.41. The van der Waals surface area contributed by atoms with Crippen molar-refractivity contribution in [2.75, 3.05) is 6.54 Å². The van der Waals surface area contributed by atoms with Gasteiger partial charge in [-0.2, -0.15) is 5.10 Å². The normalized spacial score (nSPS) is 11.1. The van der Waals surface area contributed by atoms with E-state index in [2.05, 4.69) is 10.1 Å². The summed E-state index contributed by atoms with van der Waals surface area (Å²) in [5, 5.41) is 4.41. The maximum atomic E-state index is 5.55. The summed E-state index contributed by atoms with van der Waals surface area (Å²) in [6.07, 6.45) is 0.823. The summed E-state index contributed by atoms with van der Waals surface area (Å²) in [6, 6.07) is 3.95. The molecule has 2 aromatic rings. The van der Waals surface area contributed by atoms with E-state index in [1.165, 1.54) is 0 Å². The zero-order valence-corrected chi connectivity index (χ0v) is 8.49. The number of imidazole rings is 1. The number of rotatable bonds is 2. The van der Waals surface area contributed by atoms with E-state index in [-0.39, 0.29) is 0 Å². The Kier molecular flexibility index (Phi) is 2.21. The third-order valence-corrected chi connectivity index (χ3v) is 2.29. The molecule has 0 atom stereocenters. The molecule has 0 saturated heterocycles. The summed E-state index contributed by atoms with van der Waals surface area (Å²) in [5.41, 5.74) is 9.58. The highest BCUT2D eigenvalue weighted by Gasteiger charge is 2.08. The van der Waals surface area contributed by atoms with Crippen LogP contribution in [-0.2, 0) is 6.42 Å². The molecule has 0 unspecified atom stereocenters. The van der Waals surface area contributed by atoms with Gasteiger partial charge in [-0.25, -0.2) is 9.50 Å². The van der Waals surface area contributed by atoms with Gasteiger partial charge in [-0.1, -0.05) is 0 Å². The average Bonchev–Trinajstić information content (AvgIpc) is 2.45. The second kappa shape index (κ2) is 3.38. The molecule has 0 aliphatic rings. The van der Waals surface area contributed by atoms with Crippen molar-refractivity contribution in [2.24, 2.45) is 5.73 Å². The number of nitrogens with zero attached hydrogens (tertiary/aromatic N) is 3. The van der Waals surface area contributed by atoms with Crippen molar-refractivity contribution in [3.63, 3.8) is 0 Å². The fourth-order valence-electron chi connectivity index (χ4n) is 1.60. The van der Waals surface area contributed by atoms with Crippen LogP contribution in [0.15, 0.2) is 12.1 Å². The average molecular weight is 190 g/mol. The third kappa shape index (κ3) is 1.37. The molecule has 0 aromatic carbocycles. The van der Waals surface area contributed by atoms with Crippen LogP contribution in [0.1, 0.15) is 17.1 Å². The Balaban J connectivity index is 2.66. The lowest BCUT2D eigenvalue weighted by molar-refractivity contribution is 0.806. The van der Waals surface area contributed by atoms with E-state index in [4.69, 9.17) is 5.73 Å². The van der Waals surface area contributed by atoms with Gasteiger partial charge in [0.25, 0.3) is 0 Å². The quantitative estimate of drug-likeness (QED) is 0.763. The molecule has 0 saturated carbocycles. The van der Waals surface area contributed by atoms with Crippen molar-refractivity contribution in [3.05, 3.63) is 29.2 Å². The van der Waals surface area contributed by atoms with Crippen LogP contribution >= 0.6 is 0 Å². The fraction of sp³-hybridized carbons (Fsp3) is 0.400. The van der Waals surface area contributed by atoms with Crippen LogP contribution in [0.5, 0.6) is 0 Å². The van der Waals surface area contributed by atoms with Crippen LogP contribution in [0.2, 0.25) is 0 Å². The highest BCUT2D eigenvalue weighted by atomic mass is 15.3. The lowest BCUT2D eigenvalue weighted by Crippen LogP contribution is -2.08. The molecule has 2 rings (SSSR count). The number of aryl methyl sites for hydroxylation is 2. The molecule has 2 aromatic heterocycles. The number of aromatic nitrogens is 3. The molecule has 0 fully saturated rings. The predicted molar refractivity (Wildman–Crippen MR) is 55.2 cm³/mol. The number of fused-ring (bicyclic) bond motifs is 1. The van der Waals surface area contributed by atoms with Crippen molar-refractivity contribution in [3.8, 4) is 0 Å². The molecule has 14 heavy (non-hydrogen) atoms. The first-order chi connectivity index (χ1) is 6.72. The van der Waals surface area contributed by atoms with Crippen LogP contribution in [-0.4, -0.2) is 21.1 Å². The Morgan fingerprint density at radius 1 is 1.36 bits per heavy atom. The van der Waals surface area contributed by atoms with E-state index >= 15 is 0 Å². The van der Waals surface area contributed by atoms with E-state index in [1.54, 1.807) is 0 Å². The Bertz CT molecular complexity index is 458. The van der Waals surface area contributed by atoms with Crippen LogP contribution in [0.3, 0.4) is 0 Å². The van der Waals surface area contributed by atoms with Crippen LogP contribution in [0.25, 0.3) is 5.65 Å². The van der Waals surface area contributed by atoms with Gasteiger partial charge in [0.15, 0.2) is 5.65 Å². The zero-order valence-electron chi connectivity index (χ0n) is 8.49. The standard InChI is InChI=1S/C10H14N4/c1-7-3-4-10-12-8(2)9(5-6-11)14(10)13-7/h3-4H,5-6,11H2,1-2H3. The molecule has 0 spiro atoms. The highest BCUT2D eigenvalue weighted by Crippen LogP contribution is 2.11. The number of hydrogen-bond acceptors (Lipinski definition) is 3. The van der Waals surface area contributed by atoms with Crippen molar-refractivity contribution in [2.45, 2.75) is 20.3 Å². The first kappa shape index (κ1) is 9.15. The van der Waals surface area contributed by atoms with E-state index < -0.39 is 0 Å². The molecule has 0 radical (unpaired) electrons. The van der Waals surface area contributed by atoms with Gasteiger partial charge in [-0.15, -0.1) is 0 Å². The maximum absolute atomic E-state index is 5.55. The molecule has 74 valence electrons. The molecule has 2 N–H and O–H groups in total. The van der Waals surface area contributed by atoms with E-state index in [0.29, 0.717) is 6.54 Å². The molecule has 0 aliphatic heterocycles. The van der Waals surface area contributed by atoms with Gasteiger partial charge in [-0.05, 0) is 32.5 Å². The van der Waals surface area contributed by atoms with Gasteiger partial charge >= 0.3 is 0 Å². The van der Waals surface area contributed by atoms with E-state index in [0.717, 1.165) is 29.1 Å². The van der Waals surface area contributed by atoms with Crippen LogP contribution < -0.4 is 5.73 Å². The molecular weight excluding hydrogens is 176 g/mol. The van der Waals surface area contributed by atoms with Crippen molar-refractivity contribution in [1.82, 2.24) is 14.6 Å². The van der Waals surface area contributed by atoms with Crippen LogP contribution in [0.4, 0.5) is 0 Å². The Morgan fingerprint density at radius 2 is 2.14 bits per heavy atom. The summed E-state index contributed by atoms with van der Waals surface area (Å²) < 4.78 is 1.89. The van der Waals surface area contributed by atoms with Gasteiger partial charge in [0.2, 0.25) is 0 Å². The molecule has 4 nitrogen and oxygen atoms in total. The third-order valence-electron chi connectivity index (χ3n) is 2.29. The summed E-state index contributed by atoms with van der Waals surface area (Å²) in [4.78, 5) is 4.42. The number of nitrogens with two attached hydrogens (primary N) is 1. The Labute approximate surface area is 82.8 Å². The van der Waals surface area contributed by atoms with Crippen molar-refractivity contribution >= 4 is 5.65 Å². The smallest absolute Gasteiger partial charge is 0.154 e. The monoisotopic (exact) mass is 190 g/mol. The van der Waals surface area contributed by atoms with Gasteiger partial charge in [0, 0.05) is 6.42 Å². The van der Waals surface area contributed by atoms with Gasteiger partial charge < -0.3 is 5.73 Å². The topological polar surface area (TPSA) is 56.2 Å². The predicted octanol–water partition coefficient (Wildman–Crippen LogP) is 0.847. The Hall–Kier alpha value is -1.42. The Morgan fingerprint density at radius 3 is 2.86 bits per heavy atom. The summed E-state index contributed by atoms with van der Waals surface area (Å²) in [5.74, 6) is 0. The van der Waals surface area contributed by atoms with Crippen molar-refractivity contribution in [1.29, 1.82) is 0 Å². The van der Waals surface area contributed by atoms with Crippen LogP contribution in [0, 0.1) is 13.8 Å². The van der Waals surface area contributed by atoms with Gasteiger partial charge in [-0.3, -0.25) is 0 Å². The molecular formula is C10H14N4. The molecule has 2 heterocycles. The minimum atomic E-state index is 0.629. The summed E-state index contributed by atoms with van der Waals surface area (Å²) in [7, 11) is 0. The lowest BCUT2D eigenvalue weighted by atomic mass is 10.2. The van der Waals surface area contributed by atoms with Gasteiger partial charge in [0.05, 0.1) is 17.1 Å². The largest absolute Gasteiger partial charge is 0.330 e. The SMILES string of the molecule is Cc1ccc2nc(C)c(CCN)n2n1. The zero-order chi connectivity index (χ0) is 10.1. The van der Waals surface area contributed by atoms with Gasteiger partial charge in [0.1, 0.15) is 0 Å². The first-order valence-electron chi connectivity index (χ1n) is 4.74. The second-order valence-electron chi connectivity index (χ2n) is 3.43. The van der Waals surface area contributed by atoms with Crippen molar-refractivity contribution < 1.29 is 0 Å². The van der Waals surface area contributed by atoms with E-state index in [1.807, 2.05) is 30.5 Å². The van der Waals surface area contributed by atoms with E-state index in [9.17, 15) is 0 Å². The fourth-order valence-corrected chi connectivity index (χ4v) is 1.60. The molecule has 0 amide bonds. The second-order valence-corrected chi connectivity index (χ2v) is 3.43. The molecule has 0 aliphatic carbocycles. The number of hydrogen-bond donors (Lipinski definition) is 1. The molecule has 0 bridgehead atoms. The lowest BCUT2D eigenvalue weighted by Gasteiger charge is -2.00. The first-order valence-corrected chi connectivity index (χ1v) is 4.74. The summed E-state index contributed by atoms with van der Waals surface area (Å²) >= 11 is 0. The summed E-state index contributed by atoms with van der Waals surface area (Å²) in [6.45, 7) is 4.60. The maximum Gasteiger partial charge on any atom is 0.154 e.